The Morgan fingerprint density at radius 2 is 1.72 bits per heavy atom. The van der Waals surface area contributed by atoms with Crippen LogP contribution in [-0.4, -0.2) is 32.3 Å². The summed E-state index contributed by atoms with van der Waals surface area (Å²) in [6.07, 6.45) is 4.57. The van der Waals surface area contributed by atoms with Gasteiger partial charge in [0.05, 0.1) is 5.56 Å². The number of aromatic carboxylic acids is 1. The molecular formula is C22H22Br2N4O4. The Hall–Kier alpha value is -2.72. The summed E-state index contributed by atoms with van der Waals surface area (Å²) in [5, 5.41) is 23.3. The number of amidine groups is 1. The van der Waals surface area contributed by atoms with Gasteiger partial charge in [-0.05, 0) is 62.1 Å². The fourth-order valence-electron chi connectivity index (χ4n) is 2.56. The Balaban J connectivity index is 0.000000147. The van der Waals surface area contributed by atoms with Crippen LogP contribution >= 0.6 is 31.9 Å². The van der Waals surface area contributed by atoms with Crippen molar-refractivity contribution in [1.29, 1.82) is 0 Å². The van der Waals surface area contributed by atoms with Gasteiger partial charge in [0, 0.05) is 26.3 Å². The lowest BCUT2D eigenvalue weighted by Crippen LogP contribution is -2.12. The average molecular weight is 566 g/mol. The molecule has 0 atom stereocenters. The number of halogens is 2. The van der Waals surface area contributed by atoms with Crippen LogP contribution in [0, 0.1) is 5.92 Å². The predicted octanol–water partition coefficient (Wildman–Crippen LogP) is 5.67. The number of aromatic nitrogens is 2. The molecule has 32 heavy (non-hydrogen) atoms. The minimum atomic E-state index is -0.902. The summed E-state index contributed by atoms with van der Waals surface area (Å²) in [6, 6.07) is 14.5. The standard InChI is InChI=1S/C11H9BrN2O.C7H5BrO2.C4H8N2O/c12-9-3-1-2-8(6-9)11-13-10(14-15-11)7-4-5-7;8-6-3-1-2-5(4-6)7(9)10;5-4(6-7)3-1-2-3/h1-3,6-7H,4-5H2;1-4H,(H,9,10);3,7H,1-2H2,(H2,5,6). The van der Waals surface area contributed by atoms with Crippen LogP contribution in [-0.2, 0) is 0 Å². The van der Waals surface area contributed by atoms with Crippen molar-refractivity contribution in [3.8, 4) is 11.5 Å². The monoisotopic (exact) mass is 564 g/mol. The van der Waals surface area contributed by atoms with Gasteiger partial charge in [0.15, 0.2) is 5.82 Å². The zero-order chi connectivity index (χ0) is 23.1. The van der Waals surface area contributed by atoms with E-state index in [1.807, 2.05) is 24.3 Å². The summed E-state index contributed by atoms with van der Waals surface area (Å²) in [6.45, 7) is 0. The molecule has 0 aliphatic heterocycles. The summed E-state index contributed by atoms with van der Waals surface area (Å²) in [5.74, 6) is 1.88. The lowest BCUT2D eigenvalue weighted by molar-refractivity contribution is 0.0697. The molecule has 0 amide bonds. The van der Waals surface area contributed by atoms with E-state index in [0.29, 0.717) is 29.1 Å². The molecule has 2 aliphatic carbocycles. The first kappa shape index (κ1) is 23.9. The first-order chi connectivity index (χ1) is 15.4. The quantitative estimate of drug-likeness (QED) is 0.160. The van der Waals surface area contributed by atoms with Crippen LogP contribution in [0.4, 0.5) is 0 Å². The van der Waals surface area contributed by atoms with Gasteiger partial charge in [-0.2, -0.15) is 4.98 Å². The van der Waals surface area contributed by atoms with Crippen LogP contribution in [0.1, 0.15) is 47.8 Å². The number of hydrogen-bond donors (Lipinski definition) is 3. The van der Waals surface area contributed by atoms with Gasteiger partial charge in [-0.25, -0.2) is 4.79 Å². The third-order valence-corrected chi connectivity index (χ3v) is 5.62. The zero-order valence-corrected chi connectivity index (χ0v) is 20.2. The van der Waals surface area contributed by atoms with Gasteiger partial charge in [-0.15, -0.1) is 0 Å². The van der Waals surface area contributed by atoms with Crippen molar-refractivity contribution in [2.24, 2.45) is 16.8 Å². The molecule has 0 spiro atoms. The Kier molecular flexibility index (Phi) is 8.40. The molecule has 0 radical (unpaired) electrons. The van der Waals surface area contributed by atoms with Crippen molar-refractivity contribution in [2.75, 3.05) is 0 Å². The highest BCUT2D eigenvalue weighted by Crippen LogP contribution is 2.39. The minimum absolute atomic E-state index is 0.300. The van der Waals surface area contributed by atoms with Crippen molar-refractivity contribution in [3.05, 3.63) is 68.9 Å². The molecule has 10 heteroatoms. The second-order valence-corrected chi connectivity index (χ2v) is 9.19. The first-order valence-electron chi connectivity index (χ1n) is 9.93. The van der Waals surface area contributed by atoms with E-state index in [1.165, 1.54) is 12.8 Å². The normalized spacial score (nSPS) is 15.1. The van der Waals surface area contributed by atoms with Gasteiger partial charge >= 0.3 is 5.97 Å². The van der Waals surface area contributed by atoms with E-state index >= 15 is 0 Å². The highest BCUT2D eigenvalue weighted by atomic mass is 79.9. The highest BCUT2D eigenvalue weighted by molar-refractivity contribution is 9.10. The molecule has 0 bridgehead atoms. The molecule has 2 fully saturated rings. The Bertz CT molecular complexity index is 1090. The van der Waals surface area contributed by atoms with Crippen LogP contribution in [0.3, 0.4) is 0 Å². The van der Waals surface area contributed by atoms with Gasteiger partial charge in [0.25, 0.3) is 5.89 Å². The van der Waals surface area contributed by atoms with Crippen LogP contribution in [0.2, 0.25) is 0 Å². The summed E-state index contributed by atoms with van der Waals surface area (Å²) < 4.78 is 7.03. The molecule has 168 valence electrons. The molecule has 1 aromatic heterocycles. The summed E-state index contributed by atoms with van der Waals surface area (Å²) >= 11 is 6.58. The molecule has 8 nitrogen and oxygen atoms in total. The number of carboxylic acids is 1. The van der Waals surface area contributed by atoms with Gasteiger partial charge in [-0.1, -0.05) is 54.3 Å². The maximum atomic E-state index is 10.3. The summed E-state index contributed by atoms with van der Waals surface area (Å²) in [4.78, 5) is 14.7. The molecule has 4 N–H and O–H groups in total. The molecule has 5 rings (SSSR count). The molecule has 2 aliphatic rings. The molecule has 1 heterocycles. The number of carbonyl (C=O) groups is 1. The van der Waals surface area contributed by atoms with Crippen molar-refractivity contribution < 1.29 is 19.6 Å². The Labute approximate surface area is 201 Å². The van der Waals surface area contributed by atoms with Gasteiger partial charge in [0.1, 0.15) is 5.84 Å². The summed E-state index contributed by atoms with van der Waals surface area (Å²) in [7, 11) is 0. The number of oxime groups is 1. The van der Waals surface area contributed by atoms with E-state index in [1.54, 1.807) is 24.3 Å². The molecule has 3 aromatic rings. The lowest BCUT2D eigenvalue weighted by Gasteiger charge is -1.93. The number of nitrogens with zero attached hydrogens (tertiary/aromatic N) is 3. The largest absolute Gasteiger partial charge is 0.478 e. The van der Waals surface area contributed by atoms with E-state index in [2.05, 4.69) is 47.2 Å². The predicted molar refractivity (Wildman–Crippen MR) is 127 cm³/mol. The molecule has 0 unspecified atom stereocenters. The molecule has 2 saturated carbocycles. The fraction of sp³-hybridized carbons (Fsp3) is 0.273. The second kappa shape index (κ2) is 11.2. The van der Waals surface area contributed by atoms with E-state index in [-0.39, 0.29) is 0 Å². The number of benzene rings is 2. The lowest BCUT2D eigenvalue weighted by atomic mass is 10.2. The van der Waals surface area contributed by atoms with Crippen molar-refractivity contribution in [3.63, 3.8) is 0 Å². The van der Waals surface area contributed by atoms with Crippen LogP contribution in [0.5, 0.6) is 0 Å². The number of carboxylic acid groups (broad SMARTS) is 1. The number of hydrogen-bond acceptors (Lipinski definition) is 6. The van der Waals surface area contributed by atoms with E-state index in [9.17, 15) is 4.79 Å². The molecule has 2 aromatic carbocycles. The first-order valence-corrected chi connectivity index (χ1v) is 11.5. The maximum absolute atomic E-state index is 10.3. The topological polar surface area (TPSA) is 135 Å². The van der Waals surface area contributed by atoms with Crippen LogP contribution in [0.25, 0.3) is 11.5 Å². The van der Waals surface area contributed by atoms with Gasteiger partial charge in [-0.3, -0.25) is 0 Å². The van der Waals surface area contributed by atoms with Crippen LogP contribution < -0.4 is 5.73 Å². The SMILES string of the molecule is Brc1cccc(-c2nc(C3CC3)no2)c1.N/C(=N\O)C1CC1.O=C(O)c1cccc(Br)c1. The fourth-order valence-corrected chi connectivity index (χ4v) is 3.36. The second-order valence-electron chi connectivity index (χ2n) is 7.36. The highest BCUT2D eigenvalue weighted by Gasteiger charge is 2.29. The summed E-state index contributed by atoms with van der Waals surface area (Å²) in [5.41, 5.74) is 6.44. The van der Waals surface area contributed by atoms with Gasteiger partial charge < -0.3 is 20.6 Å². The average Bonchev–Trinajstić information content (AvgIpc) is 3.73. The van der Waals surface area contributed by atoms with Gasteiger partial charge in [0.2, 0.25) is 0 Å². The molecule has 0 saturated heterocycles. The zero-order valence-electron chi connectivity index (χ0n) is 17.0. The smallest absolute Gasteiger partial charge is 0.335 e. The number of nitrogens with two attached hydrogens (primary N) is 1. The Morgan fingerprint density at radius 3 is 2.19 bits per heavy atom. The van der Waals surface area contributed by atoms with E-state index < -0.39 is 5.97 Å². The van der Waals surface area contributed by atoms with Crippen molar-refractivity contribution in [2.45, 2.75) is 31.6 Å². The minimum Gasteiger partial charge on any atom is -0.478 e. The third-order valence-electron chi connectivity index (χ3n) is 4.64. The Morgan fingerprint density at radius 1 is 1.06 bits per heavy atom. The van der Waals surface area contributed by atoms with Crippen LogP contribution in [0.15, 0.2) is 67.2 Å². The molecular weight excluding hydrogens is 544 g/mol. The van der Waals surface area contributed by atoms with Crippen molar-refractivity contribution >= 4 is 43.7 Å². The van der Waals surface area contributed by atoms with Crippen molar-refractivity contribution in [1.82, 2.24) is 10.1 Å². The number of rotatable bonds is 4. The van der Waals surface area contributed by atoms with E-state index in [4.69, 9.17) is 20.6 Å². The van der Waals surface area contributed by atoms with E-state index in [0.717, 1.165) is 33.2 Å². The third kappa shape index (κ3) is 7.45. The maximum Gasteiger partial charge on any atom is 0.335 e.